The summed E-state index contributed by atoms with van der Waals surface area (Å²) in [6.07, 6.45) is 3.59. The van der Waals surface area contributed by atoms with E-state index in [0.29, 0.717) is 9.85 Å². The van der Waals surface area contributed by atoms with E-state index in [1.54, 1.807) is 6.07 Å². The molecule has 1 aromatic carbocycles. The van der Waals surface area contributed by atoms with Gasteiger partial charge in [-0.25, -0.2) is 13.1 Å². The van der Waals surface area contributed by atoms with Crippen LogP contribution in [0.4, 0.5) is 0 Å². The Hall–Kier alpha value is 0.190. The Labute approximate surface area is 131 Å². The Bertz CT molecular complexity index is 557. The molecule has 1 N–H and O–H groups in total. The van der Waals surface area contributed by atoms with Gasteiger partial charge in [-0.3, -0.25) is 0 Å². The van der Waals surface area contributed by atoms with Crippen LogP contribution in [-0.2, 0) is 10.0 Å². The summed E-state index contributed by atoms with van der Waals surface area (Å²) in [7, 11) is -3.61. The van der Waals surface area contributed by atoms with E-state index >= 15 is 0 Å². The molecular formula is C12H14BrCl2NO2S. The summed E-state index contributed by atoms with van der Waals surface area (Å²) in [6.45, 7) is 0. The zero-order valence-corrected chi connectivity index (χ0v) is 14.0. The molecule has 0 radical (unpaired) electrons. The van der Waals surface area contributed by atoms with Gasteiger partial charge in [-0.1, -0.05) is 39.1 Å². The van der Waals surface area contributed by atoms with E-state index in [1.165, 1.54) is 12.1 Å². The lowest BCUT2D eigenvalue weighted by atomic mass is 9.96. The Morgan fingerprint density at radius 3 is 2.42 bits per heavy atom. The molecule has 1 aliphatic carbocycles. The second-order valence-electron chi connectivity index (χ2n) is 4.64. The highest BCUT2D eigenvalue weighted by Gasteiger charge is 2.26. The molecule has 0 heterocycles. The Morgan fingerprint density at radius 2 is 1.79 bits per heavy atom. The highest BCUT2D eigenvalue weighted by atomic mass is 79.9. The molecule has 1 aliphatic rings. The van der Waals surface area contributed by atoms with Crippen molar-refractivity contribution in [2.24, 2.45) is 0 Å². The van der Waals surface area contributed by atoms with Crippen molar-refractivity contribution in [3.8, 4) is 0 Å². The average Bonchev–Trinajstić information content (AvgIpc) is 2.35. The first kappa shape index (κ1) is 15.6. The fraction of sp³-hybridized carbons (Fsp3) is 0.500. The zero-order valence-electron chi connectivity index (χ0n) is 10.1. The van der Waals surface area contributed by atoms with E-state index in [-0.39, 0.29) is 16.0 Å². The molecule has 106 valence electrons. The predicted molar refractivity (Wildman–Crippen MR) is 81.8 cm³/mol. The highest BCUT2D eigenvalue weighted by molar-refractivity contribution is 9.09. The first-order valence-corrected chi connectivity index (χ1v) is 9.15. The summed E-state index contributed by atoms with van der Waals surface area (Å²) < 4.78 is 27.3. The fourth-order valence-electron chi connectivity index (χ4n) is 2.14. The maximum atomic E-state index is 12.3. The molecule has 7 heteroatoms. The molecule has 0 amide bonds. The third-order valence-corrected chi connectivity index (χ3v) is 6.31. The van der Waals surface area contributed by atoms with Crippen LogP contribution in [0, 0.1) is 0 Å². The van der Waals surface area contributed by atoms with Gasteiger partial charge in [-0.2, -0.15) is 0 Å². The molecule has 2 rings (SSSR count). The van der Waals surface area contributed by atoms with Gasteiger partial charge in [0.05, 0.1) is 5.02 Å². The number of alkyl halides is 1. The fourth-order valence-corrected chi connectivity index (χ4v) is 4.73. The second-order valence-corrected chi connectivity index (χ2v) is 8.47. The van der Waals surface area contributed by atoms with Crippen molar-refractivity contribution in [3.63, 3.8) is 0 Å². The van der Waals surface area contributed by atoms with E-state index in [2.05, 4.69) is 20.7 Å². The highest BCUT2D eigenvalue weighted by Crippen LogP contribution is 2.28. The normalized spacial score (nSPS) is 24.4. The van der Waals surface area contributed by atoms with E-state index in [0.717, 1.165) is 25.7 Å². The van der Waals surface area contributed by atoms with E-state index in [9.17, 15) is 8.42 Å². The minimum Gasteiger partial charge on any atom is -0.208 e. The van der Waals surface area contributed by atoms with Crippen LogP contribution in [0.3, 0.4) is 0 Å². The second kappa shape index (κ2) is 6.31. The summed E-state index contributed by atoms with van der Waals surface area (Å²) in [5.41, 5.74) is 0. The van der Waals surface area contributed by atoms with Gasteiger partial charge in [0.2, 0.25) is 10.0 Å². The number of hydrogen-bond acceptors (Lipinski definition) is 2. The summed E-state index contributed by atoms with van der Waals surface area (Å²) in [5.74, 6) is 0. The smallest absolute Gasteiger partial charge is 0.208 e. The number of hydrogen-bond donors (Lipinski definition) is 1. The van der Waals surface area contributed by atoms with Crippen LogP contribution in [0.15, 0.2) is 23.1 Å². The molecule has 1 saturated carbocycles. The van der Waals surface area contributed by atoms with Crippen molar-refractivity contribution < 1.29 is 8.42 Å². The Morgan fingerprint density at radius 1 is 1.16 bits per heavy atom. The number of benzene rings is 1. The third kappa shape index (κ3) is 4.08. The van der Waals surface area contributed by atoms with Crippen LogP contribution < -0.4 is 4.72 Å². The molecule has 1 aromatic rings. The van der Waals surface area contributed by atoms with Gasteiger partial charge in [0.1, 0.15) is 4.90 Å². The molecular weight excluding hydrogens is 373 g/mol. The third-order valence-electron chi connectivity index (χ3n) is 3.16. The maximum absolute atomic E-state index is 12.3. The van der Waals surface area contributed by atoms with Crippen LogP contribution in [-0.4, -0.2) is 19.3 Å². The summed E-state index contributed by atoms with van der Waals surface area (Å²) in [4.78, 5) is 0.533. The Balaban J connectivity index is 2.16. The maximum Gasteiger partial charge on any atom is 0.242 e. The monoisotopic (exact) mass is 385 g/mol. The quantitative estimate of drug-likeness (QED) is 0.798. The molecule has 3 nitrogen and oxygen atoms in total. The summed E-state index contributed by atoms with van der Waals surface area (Å²) in [6, 6.07) is 4.41. The molecule has 0 aromatic heterocycles. The van der Waals surface area contributed by atoms with Crippen molar-refractivity contribution in [3.05, 3.63) is 28.2 Å². The van der Waals surface area contributed by atoms with Crippen LogP contribution in [0.1, 0.15) is 25.7 Å². The summed E-state index contributed by atoms with van der Waals surface area (Å²) >= 11 is 15.3. The molecule has 0 spiro atoms. The number of nitrogens with one attached hydrogen (secondary N) is 1. The molecule has 0 aliphatic heterocycles. The van der Waals surface area contributed by atoms with Crippen molar-refractivity contribution in [2.75, 3.05) is 0 Å². The van der Waals surface area contributed by atoms with Gasteiger partial charge in [0.25, 0.3) is 0 Å². The van der Waals surface area contributed by atoms with E-state index in [1.807, 2.05) is 0 Å². The van der Waals surface area contributed by atoms with E-state index in [4.69, 9.17) is 23.2 Å². The minimum absolute atomic E-state index is 0.0335. The lowest BCUT2D eigenvalue weighted by molar-refractivity contribution is 0.423. The lowest BCUT2D eigenvalue weighted by Gasteiger charge is -2.26. The predicted octanol–water partition coefficient (Wildman–Crippen LogP) is 3.98. The SMILES string of the molecule is O=S(=O)(NC1CCC(Br)CC1)c1cc(Cl)ccc1Cl. The molecule has 1 fully saturated rings. The van der Waals surface area contributed by atoms with Gasteiger partial charge in [-0.15, -0.1) is 0 Å². The number of sulfonamides is 1. The van der Waals surface area contributed by atoms with Gasteiger partial charge in [0.15, 0.2) is 0 Å². The molecule has 0 saturated heterocycles. The van der Waals surface area contributed by atoms with Crippen molar-refractivity contribution >= 4 is 49.2 Å². The molecule has 0 bridgehead atoms. The number of halogens is 3. The summed E-state index contributed by atoms with van der Waals surface area (Å²) in [5, 5.41) is 0.542. The van der Waals surface area contributed by atoms with Gasteiger partial charge in [-0.05, 0) is 43.9 Å². The van der Waals surface area contributed by atoms with Crippen LogP contribution >= 0.6 is 39.1 Å². The number of rotatable bonds is 3. The van der Waals surface area contributed by atoms with Gasteiger partial charge in [0, 0.05) is 15.9 Å². The topological polar surface area (TPSA) is 46.2 Å². The lowest BCUT2D eigenvalue weighted by Crippen LogP contribution is -2.37. The van der Waals surface area contributed by atoms with Crippen molar-refractivity contribution in [2.45, 2.75) is 41.4 Å². The molecule has 0 atom stereocenters. The molecule has 0 unspecified atom stereocenters. The van der Waals surface area contributed by atoms with Crippen molar-refractivity contribution in [1.29, 1.82) is 0 Å². The largest absolute Gasteiger partial charge is 0.242 e. The van der Waals surface area contributed by atoms with Crippen molar-refractivity contribution in [1.82, 2.24) is 4.72 Å². The minimum atomic E-state index is -3.61. The Kier molecular flexibility index (Phi) is 5.17. The van der Waals surface area contributed by atoms with Gasteiger partial charge >= 0.3 is 0 Å². The first-order valence-electron chi connectivity index (χ1n) is 6.00. The van der Waals surface area contributed by atoms with E-state index < -0.39 is 10.0 Å². The standard InChI is InChI=1S/C12H14BrCl2NO2S/c13-8-1-4-10(5-2-8)16-19(17,18)12-7-9(14)3-6-11(12)15/h3,6-8,10,16H,1-2,4-5H2. The zero-order chi connectivity index (χ0) is 14.0. The van der Waals surface area contributed by atoms with Crippen LogP contribution in [0.25, 0.3) is 0 Å². The van der Waals surface area contributed by atoms with Crippen LogP contribution in [0.2, 0.25) is 10.0 Å². The van der Waals surface area contributed by atoms with Crippen LogP contribution in [0.5, 0.6) is 0 Å². The first-order chi connectivity index (χ1) is 8.88. The van der Waals surface area contributed by atoms with Gasteiger partial charge < -0.3 is 0 Å². The average molecular weight is 387 g/mol. The molecule has 19 heavy (non-hydrogen) atoms.